The molecule has 0 saturated carbocycles. The number of likely N-dealkylation sites (tertiary alicyclic amines) is 1. The zero-order valence-electron chi connectivity index (χ0n) is 26.3. The van der Waals surface area contributed by atoms with Gasteiger partial charge in [-0.2, -0.15) is 4.98 Å². The van der Waals surface area contributed by atoms with Crippen molar-refractivity contribution >= 4 is 39.6 Å². The first kappa shape index (κ1) is 33.9. The number of rotatable bonds is 12. The van der Waals surface area contributed by atoms with Gasteiger partial charge in [0.15, 0.2) is 11.0 Å². The van der Waals surface area contributed by atoms with Gasteiger partial charge in [0.2, 0.25) is 0 Å². The van der Waals surface area contributed by atoms with Gasteiger partial charge >= 0.3 is 5.69 Å². The number of nitrogens with one attached hydrogen (secondary N) is 2. The Morgan fingerprint density at radius 2 is 2.02 bits per heavy atom. The third-order valence-electron chi connectivity index (χ3n) is 8.75. The Balaban J connectivity index is 1.40. The number of nitrogens with two attached hydrogens (primary N) is 2. The summed E-state index contributed by atoms with van der Waals surface area (Å²) in [5.74, 6) is 0.302. The van der Waals surface area contributed by atoms with Crippen molar-refractivity contribution in [1.82, 2.24) is 19.4 Å². The average Bonchev–Trinajstić information content (AvgIpc) is 3.32. The summed E-state index contributed by atoms with van der Waals surface area (Å²) < 4.78 is 16.7. The van der Waals surface area contributed by atoms with Crippen LogP contribution in [0.2, 0.25) is 5.02 Å². The highest BCUT2D eigenvalue weighted by atomic mass is 35.5. The van der Waals surface area contributed by atoms with Crippen molar-refractivity contribution in [2.75, 3.05) is 12.3 Å². The Labute approximate surface area is 278 Å². The molecule has 4 aromatic rings. The minimum atomic E-state index is -0.515. The standard InChI is InChI=1S/C35H43ClFN7OS/c1-3-16-43-26(15-17-46-34(39)40)9-4-5-10-31(43)24-11-13-27(14-12-24)44-21-25-20-30(41-33(25)42-35(44)45)28-18-23(8-6-7-22(2)38)19-29(36)32(28)37/h3,11-14,18-22,26,31H,1,4-10,15-17,38H2,2H3,(H3,39,40)(H,41,42,45)/t22-,26-,31-/m0/s1. The molecule has 0 aliphatic carbocycles. The number of nitrogens with zero attached hydrogens (tertiary/aromatic N) is 3. The lowest BCUT2D eigenvalue weighted by molar-refractivity contribution is 0.149. The van der Waals surface area contributed by atoms with E-state index in [4.69, 9.17) is 28.5 Å². The summed E-state index contributed by atoms with van der Waals surface area (Å²) in [4.78, 5) is 23.1. The number of hydrogen-bond acceptors (Lipinski definition) is 6. The Morgan fingerprint density at radius 1 is 1.26 bits per heavy atom. The van der Waals surface area contributed by atoms with Gasteiger partial charge in [-0.3, -0.25) is 14.9 Å². The second-order valence-corrected chi connectivity index (χ2v) is 13.8. The molecular formula is C35H43ClFN7OS. The van der Waals surface area contributed by atoms with E-state index in [2.05, 4.69) is 33.6 Å². The fourth-order valence-corrected chi connectivity index (χ4v) is 7.35. The molecule has 2 aromatic heterocycles. The monoisotopic (exact) mass is 663 g/mol. The fraction of sp³-hybridized carbons (Fsp3) is 0.400. The Morgan fingerprint density at radius 3 is 2.74 bits per heavy atom. The van der Waals surface area contributed by atoms with E-state index in [1.165, 1.54) is 21.9 Å². The molecule has 0 unspecified atom stereocenters. The SMILES string of the molecule is C=CCN1[C@H](CCSC(=N)N)CCCC[C@H]1c1ccc(-n2cc3cc(-c4cc(CCC[C@H](C)N)cc(Cl)c4F)[nH]c3nc2=O)cc1. The first-order valence-corrected chi connectivity index (χ1v) is 17.3. The van der Waals surface area contributed by atoms with E-state index >= 15 is 4.39 Å². The smallest absolute Gasteiger partial charge is 0.354 e. The number of benzene rings is 2. The largest absolute Gasteiger partial charge is 0.379 e. The molecule has 1 saturated heterocycles. The molecule has 3 heterocycles. The van der Waals surface area contributed by atoms with Crippen molar-refractivity contribution in [3.05, 3.63) is 93.8 Å². The predicted octanol–water partition coefficient (Wildman–Crippen LogP) is 7.33. The molecule has 46 heavy (non-hydrogen) atoms. The fourth-order valence-electron chi connectivity index (χ4n) is 6.50. The van der Waals surface area contributed by atoms with Crippen molar-refractivity contribution in [1.29, 1.82) is 5.41 Å². The zero-order valence-corrected chi connectivity index (χ0v) is 27.8. The molecule has 0 radical (unpaired) electrons. The number of aromatic nitrogens is 3. The minimum absolute atomic E-state index is 0.0566. The lowest BCUT2D eigenvalue weighted by Gasteiger charge is -2.36. The molecule has 0 spiro atoms. The van der Waals surface area contributed by atoms with E-state index in [1.54, 1.807) is 24.4 Å². The van der Waals surface area contributed by atoms with Crippen LogP contribution in [-0.4, -0.2) is 49.0 Å². The number of aromatic amines is 1. The van der Waals surface area contributed by atoms with Crippen molar-refractivity contribution < 1.29 is 4.39 Å². The van der Waals surface area contributed by atoms with E-state index in [-0.39, 0.29) is 22.3 Å². The molecule has 6 N–H and O–H groups in total. The number of amidine groups is 1. The third-order valence-corrected chi connectivity index (χ3v) is 9.78. The van der Waals surface area contributed by atoms with Crippen molar-refractivity contribution in [3.8, 4) is 16.9 Å². The van der Waals surface area contributed by atoms with E-state index in [9.17, 15) is 4.79 Å². The molecule has 8 nitrogen and oxygen atoms in total. The van der Waals surface area contributed by atoms with Crippen LogP contribution in [0.15, 0.2) is 66.1 Å². The van der Waals surface area contributed by atoms with Crippen LogP contribution >= 0.6 is 23.4 Å². The lowest BCUT2D eigenvalue weighted by Crippen LogP contribution is -2.38. The number of halogens is 2. The van der Waals surface area contributed by atoms with Gasteiger partial charge in [-0.25, -0.2) is 9.18 Å². The van der Waals surface area contributed by atoms with E-state index in [0.717, 1.165) is 69.2 Å². The highest BCUT2D eigenvalue weighted by Crippen LogP contribution is 2.35. The van der Waals surface area contributed by atoms with Crippen LogP contribution in [-0.2, 0) is 6.42 Å². The van der Waals surface area contributed by atoms with Crippen LogP contribution in [0.5, 0.6) is 0 Å². The predicted molar refractivity (Wildman–Crippen MR) is 190 cm³/mol. The Kier molecular flexibility index (Phi) is 11.4. The molecule has 0 amide bonds. The summed E-state index contributed by atoms with van der Waals surface area (Å²) in [5.41, 5.74) is 15.1. The number of thioether (sulfide) groups is 1. The number of hydrogen-bond donors (Lipinski definition) is 4. The molecule has 3 atom stereocenters. The second-order valence-electron chi connectivity index (χ2n) is 12.2. The summed E-state index contributed by atoms with van der Waals surface area (Å²) in [7, 11) is 0. The number of fused-ring (bicyclic) bond motifs is 1. The Hall–Kier alpha value is -3.44. The van der Waals surface area contributed by atoms with E-state index in [0.29, 0.717) is 34.0 Å². The highest BCUT2D eigenvalue weighted by molar-refractivity contribution is 8.13. The minimum Gasteiger partial charge on any atom is -0.379 e. The van der Waals surface area contributed by atoms with Crippen molar-refractivity contribution in [2.24, 2.45) is 11.5 Å². The van der Waals surface area contributed by atoms with Crippen LogP contribution in [0.3, 0.4) is 0 Å². The van der Waals surface area contributed by atoms with Gasteiger partial charge in [-0.05, 0) is 86.9 Å². The molecule has 1 aliphatic rings. The normalized spacial score (nSPS) is 18.0. The summed E-state index contributed by atoms with van der Waals surface area (Å²) in [6, 6.07) is 14.1. The van der Waals surface area contributed by atoms with Gasteiger partial charge in [-0.1, -0.05) is 54.4 Å². The molecule has 11 heteroatoms. The topological polar surface area (TPSA) is 130 Å². The quantitative estimate of drug-likeness (QED) is 0.0713. The van der Waals surface area contributed by atoms with Gasteiger partial charge in [0, 0.05) is 47.6 Å². The lowest BCUT2D eigenvalue weighted by atomic mass is 9.99. The van der Waals surface area contributed by atoms with Gasteiger partial charge in [0.05, 0.1) is 16.4 Å². The van der Waals surface area contributed by atoms with Crippen LogP contribution < -0.4 is 17.2 Å². The highest BCUT2D eigenvalue weighted by Gasteiger charge is 2.29. The second kappa shape index (κ2) is 15.4. The van der Waals surface area contributed by atoms with E-state index < -0.39 is 11.5 Å². The third kappa shape index (κ3) is 8.09. The number of aryl methyl sites for hydroxylation is 1. The van der Waals surface area contributed by atoms with Crippen molar-refractivity contribution in [3.63, 3.8) is 0 Å². The maximum Gasteiger partial charge on any atom is 0.354 e. The van der Waals surface area contributed by atoms with Crippen LogP contribution in [0.25, 0.3) is 28.0 Å². The average molecular weight is 664 g/mol. The Bertz CT molecular complexity index is 1740. The summed E-state index contributed by atoms with van der Waals surface area (Å²) in [5, 5.41) is 8.46. The maximum atomic E-state index is 15.2. The zero-order chi connectivity index (χ0) is 32.8. The number of H-pyrrole nitrogens is 1. The summed E-state index contributed by atoms with van der Waals surface area (Å²) >= 11 is 7.68. The maximum absolute atomic E-state index is 15.2. The van der Waals surface area contributed by atoms with Crippen molar-refractivity contribution in [2.45, 2.75) is 76.4 Å². The summed E-state index contributed by atoms with van der Waals surface area (Å²) in [6.45, 7) is 6.76. The first-order chi connectivity index (χ1) is 22.1. The van der Waals surface area contributed by atoms with Gasteiger partial charge in [-0.15, -0.1) is 6.58 Å². The van der Waals surface area contributed by atoms with Crippen LogP contribution in [0.1, 0.15) is 69.0 Å². The molecule has 0 bridgehead atoms. The molecule has 1 fully saturated rings. The van der Waals surface area contributed by atoms with Gasteiger partial charge in [0.1, 0.15) is 5.65 Å². The molecule has 2 aromatic carbocycles. The van der Waals surface area contributed by atoms with Crippen LogP contribution in [0.4, 0.5) is 4.39 Å². The molecule has 5 rings (SSSR count). The summed E-state index contributed by atoms with van der Waals surface area (Å²) in [6.07, 6.45) is 11.6. The van der Waals surface area contributed by atoms with Gasteiger partial charge in [0.25, 0.3) is 0 Å². The van der Waals surface area contributed by atoms with E-state index in [1.807, 2.05) is 25.1 Å². The first-order valence-electron chi connectivity index (χ1n) is 15.9. The molecular weight excluding hydrogens is 621 g/mol. The molecule has 1 aliphatic heterocycles. The van der Waals surface area contributed by atoms with Gasteiger partial charge < -0.3 is 16.5 Å². The van der Waals surface area contributed by atoms with Crippen LogP contribution in [0, 0.1) is 11.2 Å². The molecule has 244 valence electrons.